The van der Waals surface area contributed by atoms with Gasteiger partial charge >= 0.3 is 12.2 Å². The smallest absolute Gasteiger partial charge is 0.405 e. The van der Waals surface area contributed by atoms with Crippen molar-refractivity contribution in [1.29, 1.82) is 0 Å². The van der Waals surface area contributed by atoms with E-state index < -0.39 is 48.6 Å². The number of hydrogen-bond donors (Lipinski definition) is 3. The number of urea groups is 1. The molecule has 1 rings (SSSR count). The van der Waals surface area contributed by atoms with Gasteiger partial charge < -0.3 is 20.7 Å². The zero-order chi connectivity index (χ0) is 17.6. The summed E-state index contributed by atoms with van der Waals surface area (Å²) >= 11 is 0. The van der Waals surface area contributed by atoms with E-state index in [9.17, 15) is 31.5 Å². The van der Waals surface area contributed by atoms with Crippen LogP contribution < -0.4 is 20.7 Å². The predicted octanol–water partition coefficient (Wildman–Crippen LogP) is 1.77. The molecule has 0 saturated carbocycles. The van der Waals surface area contributed by atoms with Crippen LogP contribution in [0.4, 0.5) is 32.4 Å². The van der Waals surface area contributed by atoms with E-state index in [0.29, 0.717) is 0 Å². The van der Waals surface area contributed by atoms with Crippen molar-refractivity contribution < 1.29 is 36.3 Å². The van der Waals surface area contributed by atoms with Crippen molar-refractivity contribution in [2.45, 2.75) is 6.18 Å². The van der Waals surface area contributed by atoms with Gasteiger partial charge in [-0.05, 0) is 0 Å². The van der Waals surface area contributed by atoms with Crippen LogP contribution in [0.25, 0.3) is 0 Å². The summed E-state index contributed by atoms with van der Waals surface area (Å²) in [6.07, 6.45) is -4.57. The van der Waals surface area contributed by atoms with Crippen molar-refractivity contribution in [3.05, 3.63) is 23.8 Å². The van der Waals surface area contributed by atoms with Gasteiger partial charge in [0.15, 0.2) is 17.4 Å². The Labute approximate surface area is 127 Å². The molecule has 3 amide bonds. The number of benzene rings is 1. The molecule has 11 heteroatoms. The maximum absolute atomic E-state index is 13.4. The molecule has 0 bridgehead atoms. The Balaban J connectivity index is 2.50. The molecule has 0 radical (unpaired) electrons. The minimum absolute atomic E-state index is 0.269. The Kier molecular flexibility index (Phi) is 6.10. The third kappa shape index (κ3) is 6.36. The quantitative estimate of drug-likeness (QED) is 0.714. The molecule has 0 spiro atoms. The van der Waals surface area contributed by atoms with E-state index in [4.69, 9.17) is 0 Å². The van der Waals surface area contributed by atoms with Gasteiger partial charge in [0.2, 0.25) is 5.91 Å². The van der Waals surface area contributed by atoms with E-state index in [1.54, 1.807) is 0 Å². The number of alkyl halides is 3. The van der Waals surface area contributed by atoms with E-state index in [0.717, 1.165) is 19.2 Å². The average molecular weight is 341 g/mol. The summed E-state index contributed by atoms with van der Waals surface area (Å²) in [6, 6.07) is 0.507. The standard InChI is InChI=1S/C12H12F5N3O3/c1-23-10-7(13)2-6(3-8(10)14)20-11(22)18-4-9(21)19-5-12(15,16)17/h2-3H,4-5H2,1H3,(H,19,21)(H2,18,20,22). The van der Waals surface area contributed by atoms with Crippen LogP contribution in [-0.4, -0.2) is 38.3 Å². The van der Waals surface area contributed by atoms with Gasteiger partial charge in [0.25, 0.3) is 0 Å². The van der Waals surface area contributed by atoms with Gasteiger partial charge in [-0.15, -0.1) is 0 Å². The van der Waals surface area contributed by atoms with E-state index in [-0.39, 0.29) is 5.69 Å². The lowest BCUT2D eigenvalue weighted by Gasteiger charge is -2.11. The zero-order valence-electron chi connectivity index (χ0n) is 11.7. The Morgan fingerprint density at radius 1 is 1.13 bits per heavy atom. The van der Waals surface area contributed by atoms with Gasteiger partial charge in [0, 0.05) is 17.8 Å². The molecule has 128 valence electrons. The fourth-order valence-electron chi connectivity index (χ4n) is 1.42. The predicted molar refractivity (Wildman–Crippen MR) is 69.0 cm³/mol. The van der Waals surface area contributed by atoms with Gasteiger partial charge in [0.1, 0.15) is 6.54 Å². The third-order valence-electron chi connectivity index (χ3n) is 2.36. The second-order valence-electron chi connectivity index (χ2n) is 4.17. The highest BCUT2D eigenvalue weighted by Crippen LogP contribution is 2.25. The number of hydrogen-bond acceptors (Lipinski definition) is 3. The highest BCUT2D eigenvalue weighted by atomic mass is 19.4. The Bertz CT molecular complexity index is 569. The first-order valence-electron chi connectivity index (χ1n) is 6.03. The fourth-order valence-corrected chi connectivity index (χ4v) is 1.42. The Morgan fingerprint density at radius 3 is 2.17 bits per heavy atom. The zero-order valence-corrected chi connectivity index (χ0v) is 11.7. The normalized spacial score (nSPS) is 10.9. The molecule has 1 aromatic rings. The lowest BCUT2D eigenvalue weighted by molar-refractivity contribution is -0.137. The van der Waals surface area contributed by atoms with E-state index in [1.165, 1.54) is 5.32 Å². The van der Waals surface area contributed by atoms with Gasteiger partial charge in [-0.2, -0.15) is 13.2 Å². The molecule has 0 atom stereocenters. The minimum Gasteiger partial charge on any atom is -0.491 e. The van der Waals surface area contributed by atoms with Crippen LogP contribution in [-0.2, 0) is 4.79 Å². The molecule has 0 aromatic heterocycles. The minimum atomic E-state index is -4.57. The summed E-state index contributed by atoms with van der Waals surface area (Å²) < 4.78 is 66.7. The number of rotatable bonds is 5. The lowest BCUT2D eigenvalue weighted by Crippen LogP contribution is -2.42. The van der Waals surface area contributed by atoms with E-state index >= 15 is 0 Å². The number of methoxy groups -OCH3 is 1. The van der Waals surface area contributed by atoms with Crippen molar-refractivity contribution in [3.63, 3.8) is 0 Å². The first-order valence-corrected chi connectivity index (χ1v) is 6.03. The molecule has 23 heavy (non-hydrogen) atoms. The van der Waals surface area contributed by atoms with Crippen LogP contribution in [0.5, 0.6) is 5.75 Å². The number of nitrogens with one attached hydrogen (secondary N) is 3. The summed E-state index contributed by atoms with van der Waals surface area (Å²) in [7, 11) is 1.06. The summed E-state index contributed by atoms with van der Waals surface area (Å²) in [6.45, 7) is -2.28. The van der Waals surface area contributed by atoms with Crippen molar-refractivity contribution in [3.8, 4) is 5.75 Å². The largest absolute Gasteiger partial charge is 0.491 e. The number of halogens is 5. The highest BCUT2D eigenvalue weighted by Gasteiger charge is 2.27. The van der Waals surface area contributed by atoms with Crippen LogP contribution in [0.1, 0.15) is 0 Å². The molecule has 0 unspecified atom stereocenters. The van der Waals surface area contributed by atoms with Crippen molar-refractivity contribution in [2.75, 3.05) is 25.5 Å². The maximum atomic E-state index is 13.4. The molecular formula is C12H12F5N3O3. The fraction of sp³-hybridized carbons (Fsp3) is 0.333. The summed E-state index contributed by atoms with van der Waals surface area (Å²) in [5.41, 5.74) is -0.269. The number of amides is 3. The van der Waals surface area contributed by atoms with Gasteiger partial charge in [-0.1, -0.05) is 0 Å². The average Bonchev–Trinajstić information content (AvgIpc) is 2.42. The van der Waals surface area contributed by atoms with Crippen molar-refractivity contribution in [1.82, 2.24) is 10.6 Å². The van der Waals surface area contributed by atoms with Crippen LogP contribution in [0.3, 0.4) is 0 Å². The maximum Gasteiger partial charge on any atom is 0.405 e. The molecule has 0 saturated heterocycles. The molecule has 0 heterocycles. The molecular weight excluding hydrogens is 329 g/mol. The first-order chi connectivity index (χ1) is 10.6. The van der Waals surface area contributed by atoms with Crippen molar-refractivity contribution >= 4 is 17.6 Å². The second kappa shape index (κ2) is 7.61. The number of carbonyl (C=O) groups excluding carboxylic acids is 2. The van der Waals surface area contributed by atoms with Crippen LogP contribution >= 0.6 is 0 Å². The lowest BCUT2D eigenvalue weighted by atomic mass is 10.2. The third-order valence-corrected chi connectivity index (χ3v) is 2.36. The van der Waals surface area contributed by atoms with Crippen LogP contribution in [0.15, 0.2) is 12.1 Å². The van der Waals surface area contributed by atoms with Gasteiger partial charge in [0.05, 0.1) is 13.7 Å². The summed E-state index contributed by atoms with van der Waals surface area (Å²) in [5.74, 6) is -3.84. The number of anilines is 1. The highest BCUT2D eigenvalue weighted by molar-refractivity contribution is 5.92. The molecule has 0 aliphatic rings. The van der Waals surface area contributed by atoms with E-state index in [1.807, 2.05) is 10.6 Å². The summed E-state index contributed by atoms with van der Waals surface area (Å²) in [5, 5.41) is 5.48. The Hall–Kier alpha value is -2.59. The monoisotopic (exact) mass is 341 g/mol. The SMILES string of the molecule is COc1c(F)cc(NC(=O)NCC(=O)NCC(F)(F)F)cc1F. The molecule has 0 aliphatic heterocycles. The van der Waals surface area contributed by atoms with Gasteiger partial charge in [-0.25, -0.2) is 13.6 Å². The molecule has 0 aliphatic carbocycles. The number of carbonyl (C=O) groups is 2. The Morgan fingerprint density at radius 2 is 1.70 bits per heavy atom. The molecule has 6 nitrogen and oxygen atoms in total. The number of ether oxygens (including phenoxy) is 1. The molecule has 0 fully saturated rings. The van der Waals surface area contributed by atoms with Gasteiger partial charge in [-0.3, -0.25) is 4.79 Å². The van der Waals surface area contributed by atoms with Crippen LogP contribution in [0.2, 0.25) is 0 Å². The second-order valence-corrected chi connectivity index (χ2v) is 4.17. The summed E-state index contributed by atoms with van der Waals surface area (Å²) in [4.78, 5) is 22.4. The molecule has 3 N–H and O–H groups in total. The van der Waals surface area contributed by atoms with Crippen molar-refractivity contribution in [2.24, 2.45) is 0 Å². The van der Waals surface area contributed by atoms with Crippen LogP contribution in [0, 0.1) is 11.6 Å². The van der Waals surface area contributed by atoms with E-state index in [2.05, 4.69) is 4.74 Å². The molecule has 1 aromatic carbocycles. The topological polar surface area (TPSA) is 79.5 Å². The first kappa shape index (κ1) is 18.5.